The maximum absolute atomic E-state index is 12.7. The van der Waals surface area contributed by atoms with Crippen molar-refractivity contribution >= 4 is 38.9 Å². The summed E-state index contributed by atoms with van der Waals surface area (Å²) in [5.74, 6) is 0.0122. The summed E-state index contributed by atoms with van der Waals surface area (Å²) in [6.45, 7) is 5.21. The Morgan fingerprint density at radius 3 is 2.60 bits per heavy atom. The molecule has 1 amide bonds. The standard InChI is InChI=1S/C15H16ClNO2S/c1-9-7-17(8-10(2)19-9)15(18)14-13(16)11-5-3-4-6-12(11)20-14/h3-6,9-10H,7-8H2,1-2H3. The van der Waals surface area contributed by atoms with Crippen LogP contribution in [-0.2, 0) is 4.74 Å². The van der Waals surface area contributed by atoms with E-state index in [1.165, 1.54) is 11.3 Å². The van der Waals surface area contributed by atoms with Gasteiger partial charge in [-0.2, -0.15) is 0 Å². The second-order valence-corrected chi connectivity index (χ2v) is 6.64. The number of benzene rings is 1. The molecule has 2 atom stereocenters. The van der Waals surface area contributed by atoms with Crippen LogP contribution in [0.5, 0.6) is 0 Å². The molecule has 0 bridgehead atoms. The Hall–Kier alpha value is -1.10. The summed E-state index contributed by atoms with van der Waals surface area (Å²) in [6, 6.07) is 7.85. The van der Waals surface area contributed by atoms with Gasteiger partial charge in [-0.3, -0.25) is 4.79 Å². The molecule has 0 spiro atoms. The van der Waals surface area contributed by atoms with Gasteiger partial charge in [-0.05, 0) is 19.9 Å². The van der Waals surface area contributed by atoms with Crippen LogP contribution in [0.1, 0.15) is 23.5 Å². The number of ether oxygens (including phenoxy) is 1. The summed E-state index contributed by atoms with van der Waals surface area (Å²) in [5.41, 5.74) is 0. The molecule has 20 heavy (non-hydrogen) atoms. The first-order valence-corrected chi connectivity index (χ1v) is 7.87. The highest BCUT2D eigenvalue weighted by atomic mass is 35.5. The van der Waals surface area contributed by atoms with Gasteiger partial charge in [0.15, 0.2) is 0 Å². The van der Waals surface area contributed by atoms with E-state index in [2.05, 4.69) is 0 Å². The van der Waals surface area contributed by atoms with Gasteiger partial charge in [-0.15, -0.1) is 11.3 Å². The molecule has 1 aromatic heterocycles. The number of hydrogen-bond acceptors (Lipinski definition) is 3. The number of carbonyl (C=O) groups is 1. The monoisotopic (exact) mass is 309 g/mol. The summed E-state index contributed by atoms with van der Waals surface area (Å²) in [4.78, 5) is 15.2. The third-order valence-corrected chi connectivity index (χ3v) is 5.10. The number of rotatable bonds is 1. The lowest BCUT2D eigenvalue weighted by atomic mass is 10.2. The molecule has 0 saturated carbocycles. The van der Waals surface area contributed by atoms with Crippen molar-refractivity contribution < 1.29 is 9.53 Å². The predicted molar refractivity (Wildman–Crippen MR) is 82.7 cm³/mol. The third kappa shape index (κ3) is 2.43. The zero-order chi connectivity index (χ0) is 14.3. The molecule has 2 heterocycles. The molecule has 106 valence electrons. The molecule has 1 aliphatic heterocycles. The largest absolute Gasteiger partial charge is 0.372 e. The maximum Gasteiger partial charge on any atom is 0.265 e. The number of hydrogen-bond donors (Lipinski definition) is 0. The molecule has 5 heteroatoms. The molecule has 0 N–H and O–H groups in total. The Kier molecular flexibility index (Phi) is 3.71. The first-order valence-electron chi connectivity index (χ1n) is 6.68. The van der Waals surface area contributed by atoms with Gasteiger partial charge in [0.1, 0.15) is 4.88 Å². The number of halogens is 1. The summed E-state index contributed by atoms with van der Waals surface area (Å²) in [5, 5.41) is 1.53. The molecular formula is C15H16ClNO2S. The maximum atomic E-state index is 12.7. The molecule has 3 nitrogen and oxygen atoms in total. The lowest BCUT2D eigenvalue weighted by Crippen LogP contribution is -2.48. The number of amides is 1. The molecular weight excluding hydrogens is 294 g/mol. The Balaban J connectivity index is 1.94. The third-order valence-electron chi connectivity index (χ3n) is 3.44. The minimum absolute atomic E-state index is 0.0122. The molecule has 1 aromatic carbocycles. The lowest BCUT2D eigenvalue weighted by molar-refractivity contribution is -0.0584. The SMILES string of the molecule is CC1CN(C(=O)c2sc3ccccc3c2Cl)CC(C)O1. The fraction of sp³-hybridized carbons (Fsp3) is 0.400. The predicted octanol–water partition coefficient (Wildman–Crippen LogP) is 3.80. The van der Waals surface area contributed by atoms with Gasteiger partial charge >= 0.3 is 0 Å². The fourth-order valence-corrected chi connectivity index (χ4v) is 4.12. The number of morpholine rings is 1. The number of fused-ring (bicyclic) bond motifs is 1. The Morgan fingerprint density at radius 1 is 1.30 bits per heavy atom. The summed E-state index contributed by atoms with van der Waals surface area (Å²) in [7, 11) is 0. The van der Waals surface area contributed by atoms with E-state index in [1.807, 2.05) is 43.0 Å². The van der Waals surface area contributed by atoms with Gasteiger partial charge in [0.25, 0.3) is 5.91 Å². The highest BCUT2D eigenvalue weighted by Crippen LogP contribution is 2.36. The highest BCUT2D eigenvalue weighted by molar-refractivity contribution is 7.21. The van der Waals surface area contributed by atoms with Crippen molar-refractivity contribution in [2.45, 2.75) is 26.1 Å². The van der Waals surface area contributed by atoms with Crippen molar-refractivity contribution in [2.75, 3.05) is 13.1 Å². The second-order valence-electron chi connectivity index (χ2n) is 5.21. The zero-order valence-corrected chi connectivity index (χ0v) is 13.0. The van der Waals surface area contributed by atoms with Crippen LogP contribution in [0.3, 0.4) is 0 Å². The van der Waals surface area contributed by atoms with Gasteiger partial charge in [0, 0.05) is 23.2 Å². The number of nitrogens with zero attached hydrogens (tertiary/aromatic N) is 1. The fourth-order valence-electron chi connectivity index (χ4n) is 2.64. The topological polar surface area (TPSA) is 29.5 Å². The van der Waals surface area contributed by atoms with Crippen LogP contribution in [0.2, 0.25) is 5.02 Å². The van der Waals surface area contributed by atoms with Crippen LogP contribution in [0.15, 0.2) is 24.3 Å². The molecule has 0 aliphatic carbocycles. The van der Waals surface area contributed by atoms with E-state index in [1.54, 1.807) is 0 Å². The van der Waals surface area contributed by atoms with Gasteiger partial charge in [-0.25, -0.2) is 0 Å². The Labute approximate surface area is 127 Å². The molecule has 1 aliphatic rings. The van der Waals surface area contributed by atoms with Crippen molar-refractivity contribution in [1.82, 2.24) is 4.90 Å². The minimum atomic E-state index is 0.0122. The van der Waals surface area contributed by atoms with E-state index in [9.17, 15) is 4.79 Å². The number of thiophene rings is 1. The van der Waals surface area contributed by atoms with Gasteiger partial charge < -0.3 is 9.64 Å². The van der Waals surface area contributed by atoms with Crippen LogP contribution in [0.4, 0.5) is 0 Å². The van der Waals surface area contributed by atoms with E-state index < -0.39 is 0 Å². The van der Waals surface area contributed by atoms with Gasteiger partial charge in [0.2, 0.25) is 0 Å². The smallest absolute Gasteiger partial charge is 0.265 e. The lowest BCUT2D eigenvalue weighted by Gasteiger charge is -2.35. The van der Waals surface area contributed by atoms with Crippen molar-refractivity contribution in [2.24, 2.45) is 0 Å². The molecule has 1 saturated heterocycles. The van der Waals surface area contributed by atoms with Crippen LogP contribution < -0.4 is 0 Å². The minimum Gasteiger partial charge on any atom is -0.372 e. The van der Waals surface area contributed by atoms with E-state index in [0.717, 1.165) is 10.1 Å². The zero-order valence-electron chi connectivity index (χ0n) is 11.4. The van der Waals surface area contributed by atoms with Crippen molar-refractivity contribution in [3.63, 3.8) is 0 Å². The van der Waals surface area contributed by atoms with E-state index in [-0.39, 0.29) is 18.1 Å². The van der Waals surface area contributed by atoms with Crippen LogP contribution in [0, 0.1) is 0 Å². The quantitative estimate of drug-likeness (QED) is 0.802. The average Bonchev–Trinajstić information content (AvgIpc) is 2.75. The molecule has 3 rings (SSSR count). The van der Waals surface area contributed by atoms with Crippen LogP contribution in [-0.4, -0.2) is 36.1 Å². The highest BCUT2D eigenvalue weighted by Gasteiger charge is 2.29. The van der Waals surface area contributed by atoms with Crippen molar-refractivity contribution in [3.05, 3.63) is 34.2 Å². The molecule has 0 radical (unpaired) electrons. The molecule has 1 fully saturated rings. The second kappa shape index (κ2) is 5.35. The molecule has 2 aromatic rings. The first kappa shape index (κ1) is 13.9. The molecule has 2 unspecified atom stereocenters. The number of carbonyl (C=O) groups excluding carboxylic acids is 1. The van der Waals surface area contributed by atoms with Gasteiger partial charge in [-0.1, -0.05) is 29.8 Å². The summed E-state index contributed by atoms with van der Waals surface area (Å²) >= 11 is 7.84. The van der Waals surface area contributed by atoms with Crippen LogP contribution >= 0.6 is 22.9 Å². The van der Waals surface area contributed by atoms with Crippen LogP contribution in [0.25, 0.3) is 10.1 Å². The normalized spacial score (nSPS) is 23.2. The summed E-state index contributed by atoms with van der Waals surface area (Å²) in [6.07, 6.45) is 0.131. The van der Waals surface area contributed by atoms with E-state index >= 15 is 0 Å². The van der Waals surface area contributed by atoms with E-state index in [0.29, 0.717) is 23.0 Å². The Bertz CT molecular complexity index is 644. The average molecular weight is 310 g/mol. The van der Waals surface area contributed by atoms with Crippen molar-refractivity contribution in [1.29, 1.82) is 0 Å². The van der Waals surface area contributed by atoms with E-state index in [4.69, 9.17) is 16.3 Å². The van der Waals surface area contributed by atoms with Gasteiger partial charge in [0.05, 0.1) is 17.2 Å². The summed E-state index contributed by atoms with van der Waals surface area (Å²) < 4.78 is 6.72. The van der Waals surface area contributed by atoms with Crippen molar-refractivity contribution in [3.8, 4) is 0 Å². The Morgan fingerprint density at radius 2 is 1.95 bits per heavy atom. The first-order chi connectivity index (χ1) is 9.56.